The quantitative estimate of drug-likeness (QED) is 0.568. The number of carbonyl (C=O) groups is 3. The summed E-state index contributed by atoms with van der Waals surface area (Å²) in [5.74, 6) is -3.88. The second-order valence-corrected chi connectivity index (χ2v) is 7.94. The van der Waals surface area contributed by atoms with Gasteiger partial charge in [-0.25, -0.2) is 9.29 Å². The van der Waals surface area contributed by atoms with Crippen LogP contribution in [0.25, 0.3) is 0 Å². The topological polar surface area (TPSA) is 75.7 Å². The van der Waals surface area contributed by atoms with Gasteiger partial charge in [0, 0.05) is 11.6 Å². The van der Waals surface area contributed by atoms with Crippen LogP contribution < -0.4 is 10.2 Å². The van der Waals surface area contributed by atoms with Gasteiger partial charge in [-0.15, -0.1) is 0 Å². The third kappa shape index (κ3) is 3.24. The minimum atomic E-state index is -1.40. The SMILES string of the molecule is CCC[C@]1(C(=O)OCC)N[C@H](c2ccccc2F)[C@H]2C(=O)N(c3ccccc3)C(=O)[C@H]21. The molecule has 2 heterocycles. The van der Waals surface area contributed by atoms with E-state index in [-0.39, 0.29) is 12.2 Å². The Kier molecular flexibility index (Phi) is 5.62. The Morgan fingerprint density at radius 2 is 1.74 bits per heavy atom. The minimum absolute atomic E-state index is 0.137. The molecule has 0 saturated carbocycles. The molecule has 0 bridgehead atoms. The van der Waals surface area contributed by atoms with E-state index in [1.807, 2.05) is 6.92 Å². The molecule has 4 atom stereocenters. The van der Waals surface area contributed by atoms with Gasteiger partial charge in [0.25, 0.3) is 0 Å². The fraction of sp³-hybridized carbons (Fsp3) is 0.375. The molecule has 0 aromatic heterocycles. The lowest BCUT2D eigenvalue weighted by Crippen LogP contribution is -2.56. The number of benzene rings is 2. The number of ether oxygens (including phenoxy) is 1. The van der Waals surface area contributed by atoms with Crippen molar-refractivity contribution in [3.8, 4) is 0 Å². The number of halogens is 1. The van der Waals surface area contributed by atoms with Crippen LogP contribution in [-0.2, 0) is 19.1 Å². The highest BCUT2D eigenvalue weighted by Crippen LogP contribution is 2.51. The standard InChI is InChI=1S/C24H25FN2O4/c1-3-14-24(23(30)31-4-2)19-18(20(26-24)16-12-8-9-13-17(16)25)21(28)27(22(19)29)15-10-6-5-7-11-15/h5-13,18-20,26H,3-4,14H2,1-2H3/t18-,19-,20+,24-/m0/s1. The first kappa shape index (κ1) is 21.2. The molecule has 162 valence electrons. The summed E-state index contributed by atoms with van der Waals surface area (Å²) >= 11 is 0. The second-order valence-electron chi connectivity index (χ2n) is 7.94. The Bertz CT molecular complexity index is 1010. The van der Waals surface area contributed by atoms with Gasteiger partial charge >= 0.3 is 5.97 Å². The van der Waals surface area contributed by atoms with Crippen molar-refractivity contribution in [2.45, 2.75) is 38.3 Å². The number of nitrogens with one attached hydrogen (secondary N) is 1. The molecule has 0 radical (unpaired) electrons. The number of anilines is 1. The predicted octanol–water partition coefficient (Wildman–Crippen LogP) is 3.38. The summed E-state index contributed by atoms with van der Waals surface area (Å²) in [7, 11) is 0. The largest absolute Gasteiger partial charge is 0.465 e. The first-order chi connectivity index (χ1) is 15.0. The number of rotatable bonds is 6. The number of para-hydroxylation sites is 1. The predicted molar refractivity (Wildman–Crippen MR) is 112 cm³/mol. The lowest BCUT2D eigenvalue weighted by molar-refractivity contribution is -0.155. The number of imide groups is 1. The molecule has 2 amide bonds. The molecule has 1 N–H and O–H groups in total. The van der Waals surface area contributed by atoms with Crippen LogP contribution in [0.1, 0.15) is 38.3 Å². The van der Waals surface area contributed by atoms with Crippen LogP contribution in [0.3, 0.4) is 0 Å². The molecule has 0 spiro atoms. The summed E-state index contributed by atoms with van der Waals surface area (Å²) in [6.45, 7) is 3.72. The molecule has 6 nitrogen and oxygen atoms in total. The molecule has 31 heavy (non-hydrogen) atoms. The number of fused-ring (bicyclic) bond motifs is 1. The average molecular weight is 424 g/mol. The molecule has 2 aliphatic heterocycles. The summed E-state index contributed by atoms with van der Waals surface area (Å²) in [6.07, 6.45) is 0.867. The van der Waals surface area contributed by atoms with Gasteiger partial charge in [0.15, 0.2) is 0 Å². The van der Waals surface area contributed by atoms with Crippen LogP contribution >= 0.6 is 0 Å². The summed E-state index contributed by atoms with van der Waals surface area (Å²) in [4.78, 5) is 41.5. The lowest BCUT2D eigenvalue weighted by Gasteiger charge is -2.32. The normalized spacial score (nSPS) is 27.5. The average Bonchev–Trinajstić information content (AvgIpc) is 3.24. The third-order valence-electron chi connectivity index (χ3n) is 6.19. The third-order valence-corrected chi connectivity index (χ3v) is 6.19. The van der Waals surface area contributed by atoms with Crippen molar-refractivity contribution in [2.75, 3.05) is 11.5 Å². The number of nitrogens with zero attached hydrogens (tertiary/aromatic N) is 1. The summed E-state index contributed by atoms with van der Waals surface area (Å²) in [5.41, 5.74) is -0.706. The van der Waals surface area contributed by atoms with Gasteiger partial charge in [0.1, 0.15) is 11.4 Å². The van der Waals surface area contributed by atoms with E-state index in [9.17, 15) is 18.8 Å². The molecule has 7 heteroatoms. The van der Waals surface area contributed by atoms with E-state index < -0.39 is 47.0 Å². The minimum Gasteiger partial charge on any atom is -0.465 e. The van der Waals surface area contributed by atoms with Gasteiger partial charge in [-0.05, 0) is 31.5 Å². The van der Waals surface area contributed by atoms with Crippen molar-refractivity contribution >= 4 is 23.5 Å². The Labute approximate surface area is 180 Å². The van der Waals surface area contributed by atoms with Crippen LogP contribution in [0.2, 0.25) is 0 Å². The molecule has 2 aromatic carbocycles. The van der Waals surface area contributed by atoms with Crippen molar-refractivity contribution < 1.29 is 23.5 Å². The zero-order valence-electron chi connectivity index (χ0n) is 17.5. The summed E-state index contributed by atoms with van der Waals surface area (Å²) in [6, 6.07) is 13.9. The maximum absolute atomic E-state index is 14.8. The zero-order chi connectivity index (χ0) is 22.2. The van der Waals surface area contributed by atoms with E-state index in [0.717, 1.165) is 4.90 Å². The Balaban J connectivity index is 1.88. The van der Waals surface area contributed by atoms with Gasteiger partial charge in [0.05, 0.1) is 24.1 Å². The van der Waals surface area contributed by atoms with Crippen LogP contribution in [-0.4, -0.2) is 29.9 Å². The van der Waals surface area contributed by atoms with Crippen LogP contribution in [0.15, 0.2) is 54.6 Å². The Hall–Kier alpha value is -3.06. The monoisotopic (exact) mass is 424 g/mol. The van der Waals surface area contributed by atoms with Gasteiger partial charge in [-0.3, -0.25) is 19.7 Å². The van der Waals surface area contributed by atoms with Crippen molar-refractivity contribution in [3.63, 3.8) is 0 Å². The van der Waals surface area contributed by atoms with E-state index >= 15 is 0 Å². The number of hydrogen-bond acceptors (Lipinski definition) is 5. The fourth-order valence-corrected chi connectivity index (χ4v) is 5.00. The maximum atomic E-state index is 14.8. The first-order valence-corrected chi connectivity index (χ1v) is 10.6. The molecule has 4 rings (SSSR count). The Morgan fingerprint density at radius 3 is 2.39 bits per heavy atom. The van der Waals surface area contributed by atoms with E-state index in [1.165, 1.54) is 6.07 Å². The molecular formula is C24H25FN2O4. The highest BCUT2D eigenvalue weighted by atomic mass is 19.1. The Morgan fingerprint density at radius 1 is 1.06 bits per heavy atom. The molecule has 0 aliphatic carbocycles. The van der Waals surface area contributed by atoms with Gasteiger partial charge in [-0.1, -0.05) is 49.7 Å². The summed E-state index contributed by atoms with van der Waals surface area (Å²) in [5, 5.41) is 3.20. The molecule has 0 unspecified atom stereocenters. The number of esters is 1. The van der Waals surface area contributed by atoms with E-state index in [2.05, 4.69) is 5.32 Å². The van der Waals surface area contributed by atoms with Crippen LogP contribution in [0.5, 0.6) is 0 Å². The van der Waals surface area contributed by atoms with Gasteiger partial charge in [-0.2, -0.15) is 0 Å². The van der Waals surface area contributed by atoms with Crippen molar-refractivity contribution in [1.82, 2.24) is 5.32 Å². The lowest BCUT2D eigenvalue weighted by atomic mass is 9.77. The maximum Gasteiger partial charge on any atom is 0.327 e. The smallest absolute Gasteiger partial charge is 0.327 e. The second kappa shape index (κ2) is 8.23. The van der Waals surface area contributed by atoms with Crippen molar-refractivity contribution in [3.05, 3.63) is 66.0 Å². The van der Waals surface area contributed by atoms with E-state index in [1.54, 1.807) is 55.5 Å². The molecule has 2 saturated heterocycles. The summed E-state index contributed by atoms with van der Waals surface area (Å²) < 4.78 is 20.1. The molecule has 2 aromatic rings. The molecule has 2 aliphatic rings. The van der Waals surface area contributed by atoms with Gasteiger partial charge < -0.3 is 4.74 Å². The number of hydrogen-bond donors (Lipinski definition) is 1. The zero-order valence-corrected chi connectivity index (χ0v) is 17.5. The van der Waals surface area contributed by atoms with E-state index in [0.29, 0.717) is 18.5 Å². The van der Waals surface area contributed by atoms with Crippen molar-refractivity contribution in [1.29, 1.82) is 0 Å². The number of amides is 2. The first-order valence-electron chi connectivity index (χ1n) is 10.6. The highest BCUT2D eigenvalue weighted by molar-refractivity contribution is 6.24. The number of carbonyl (C=O) groups excluding carboxylic acids is 3. The van der Waals surface area contributed by atoms with Crippen molar-refractivity contribution in [2.24, 2.45) is 11.8 Å². The molecule has 2 fully saturated rings. The molecular weight excluding hydrogens is 399 g/mol. The highest BCUT2D eigenvalue weighted by Gasteiger charge is 2.68. The fourth-order valence-electron chi connectivity index (χ4n) is 5.00. The van der Waals surface area contributed by atoms with Crippen LogP contribution in [0, 0.1) is 17.7 Å². The van der Waals surface area contributed by atoms with Crippen LogP contribution in [0.4, 0.5) is 10.1 Å². The van der Waals surface area contributed by atoms with E-state index in [4.69, 9.17) is 4.74 Å². The van der Waals surface area contributed by atoms with Gasteiger partial charge in [0.2, 0.25) is 11.8 Å².